The number of H-pyrrole nitrogens is 2. The molecule has 0 atom stereocenters. The molecule has 2 aliphatic heterocycles. The Balaban J connectivity index is 1.49. The Morgan fingerprint density at radius 2 is 0.857 bits per heavy atom. The van der Waals surface area contributed by atoms with Gasteiger partial charge in [-0.15, -0.1) is 0 Å². The van der Waals surface area contributed by atoms with E-state index in [1.165, 1.54) is 34.4 Å². The van der Waals surface area contributed by atoms with Crippen molar-refractivity contribution in [1.82, 2.24) is 19.9 Å². The van der Waals surface area contributed by atoms with Gasteiger partial charge in [-0.2, -0.15) is 0 Å². The molecule has 3 aromatic heterocycles. The first-order valence-corrected chi connectivity index (χ1v) is 21.9. The molecule has 8 bridgehead atoms. The van der Waals surface area contributed by atoms with E-state index in [4.69, 9.17) is 9.97 Å². The molecular weight excluding hydrogens is 775 g/mol. The van der Waals surface area contributed by atoms with E-state index in [2.05, 4.69) is 184 Å². The SMILES string of the molecule is CC(C)(C)c1cc(-c2c3nc(c(/C=C/c4ccc([N+](=O)[O-])cc4)c4nc(c(-c5cc(C(C)(C)C)cc(C(C)(C)C)c5)c5ccc(cc6ccc2[nH]6)[nH]5)C=C4)C=C3)cc(C(C)(C)C)c1. The number of rotatable bonds is 5. The molecular formula is C56H59N5O2. The highest BCUT2D eigenvalue weighted by molar-refractivity contribution is 5.96. The Hall–Kier alpha value is -6.60. The minimum absolute atomic E-state index is 0.0492. The summed E-state index contributed by atoms with van der Waals surface area (Å²) < 4.78 is 0. The quantitative estimate of drug-likeness (QED) is 0.133. The van der Waals surface area contributed by atoms with E-state index in [1.807, 2.05) is 12.2 Å². The highest BCUT2D eigenvalue weighted by atomic mass is 16.6. The summed E-state index contributed by atoms with van der Waals surface area (Å²) in [4.78, 5) is 29.6. The lowest BCUT2D eigenvalue weighted by atomic mass is 9.78. The monoisotopic (exact) mass is 833 g/mol. The highest BCUT2D eigenvalue weighted by Gasteiger charge is 2.25. The molecule has 8 rings (SSSR count). The van der Waals surface area contributed by atoms with Gasteiger partial charge in [0.25, 0.3) is 5.69 Å². The fraction of sp³-hybridized carbons (Fsp3) is 0.286. The van der Waals surface area contributed by atoms with E-state index >= 15 is 0 Å². The van der Waals surface area contributed by atoms with Gasteiger partial charge in [0.15, 0.2) is 0 Å². The van der Waals surface area contributed by atoms with Crippen LogP contribution >= 0.6 is 0 Å². The number of nitrogens with one attached hydrogen (secondary N) is 2. The van der Waals surface area contributed by atoms with Gasteiger partial charge in [-0.05, 0) is 127 Å². The first kappa shape index (κ1) is 43.1. The first-order chi connectivity index (χ1) is 29.5. The van der Waals surface area contributed by atoms with Crippen LogP contribution in [0.5, 0.6) is 0 Å². The number of nitro benzene ring substituents is 1. The molecule has 0 fully saturated rings. The van der Waals surface area contributed by atoms with Crippen LogP contribution in [0.4, 0.5) is 5.69 Å². The van der Waals surface area contributed by atoms with Crippen molar-refractivity contribution >= 4 is 64.2 Å². The smallest absolute Gasteiger partial charge is 0.269 e. The number of non-ortho nitro benzene ring substituents is 1. The van der Waals surface area contributed by atoms with Crippen LogP contribution in [0.3, 0.4) is 0 Å². The summed E-state index contributed by atoms with van der Waals surface area (Å²) in [5, 5.41) is 11.5. The number of aromatic amines is 2. The number of benzene rings is 3. The number of hydrogen-bond acceptors (Lipinski definition) is 4. The molecule has 2 N–H and O–H groups in total. The minimum atomic E-state index is -0.376. The van der Waals surface area contributed by atoms with E-state index in [9.17, 15) is 10.1 Å². The van der Waals surface area contributed by atoms with Gasteiger partial charge in [-0.1, -0.05) is 132 Å². The van der Waals surface area contributed by atoms with Crippen LogP contribution in [0.1, 0.15) is 139 Å². The maximum absolute atomic E-state index is 11.5. The number of aromatic nitrogens is 4. The van der Waals surface area contributed by atoms with Gasteiger partial charge in [-0.25, -0.2) is 9.97 Å². The van der Waals surface area contributed by atoms with E-state index in [1.54, 1.807) is 12.1 Å². The summed E-state index contributed by atoms with van der Waals surface area (Å²) in [7, 11) is 0. The average Bonchev–Trinajstić information content (AvgIpc) is 4.04. The van der Waals surface area contributed by atoms with Crippen molar-refractivity contribution in [1.29, 1.82) is 0 Å². The summed E-state index contributed by atoms with van der Waals surface area (Å²) in [6.07, 6.45) is 12.4. The Morgan fingerprint density at radius 3 is 1.22 bits per heavy atom. The molecule has 0 aliphatic carbocycles. The van der Waals surface area contributed by atoms with Gasteiger partial charge in [0.2, 0.25) is 0 Å². The number of hydrogen-bond donors (Lipinski definition) is 2. The second kappa shape index (κ2) is 15.6. The fourth-order valence-corrected chi connectivity index (χ4v) is 8.10. The summed E-state index contributed by atoms with van der Waals surface area (Å²) in [5.41, 5.74) is 17.7. The fourth-order valence-electron chi connectivity index (χ4n) is 8.10. The zero-order valence-electron chi connectivity index (χ0n) is 38.8. The molecule has 7 nitrogen and oxygen atoms in total. The Bertz CT molecular complexity index is 2820. The van der Waals surface area contributed by atoms with Crippen LogP contribution in [-0.4, -0.2) is 24.9 Å². The van der Waals surface area contributed by atoms with Gasteiger partial charge in [0, 0.05) is 50.9 Å². The lowest BCUT2D eigenvalue weighted by Crippen LogP contribution is -2.16. The number of nitro groups is 1. The topological polar surface area (TPSA) is 100 Å². The van der Waals surface area contributed by atoms with Gasteiger partial charge in [-0.3, -0.25) is 10.1 Å². The summed E-state index contributed by atoms with van der Waals surface area (Å²) in [6.45, 7) is 27.2. The van der Waals surface area contributed by atoms with Crippen molar-refractivity contribution in [2.75, 3.05) is 0 Å². The zero-order chi connectivity index (χ0) is 45.2. The van der Waals surface area contributed by atoms with Crippen molar-refractivity contribution in [3.63, 3.8) is 0 Å². The van der Waals surface area contributed by atoms with E-state index in [0.29, 0.717) is 0 Å². The minimum Gasteiger partial charge on any atom is -0.355 e. The second-order valence-corrected chi connectivity index (χ2v) is 21.2. The molecule has 0 saturated heterocycles. The van der Waals surface area contributed by atoms with E-state index < -0.39 is 0 Å². The van der Waals surface area contributed by atoms with Crippen molar-refractivity contribution in [2.45, 2.75) is 105 Å². The lowest BCUT2D eigenvalue weighted by Gasteiger charge is -2.26. The van der Waals surface area contributed by atoms with Crippen LogP contribution in [0.2, 0.25) is 0 Å². The maximum atomic E-state index is 11.5. The predicted molar refractivity (Wildman–Crippen MR) is 267 cm³/mol. The molecule has 0 saturated carbocycles. The number of fused-ring (bicyclic) bond motifs is 8. The third-order valence-corrected chi connectivity index (χ3v) is 12.1. The Labute approximate surface area is 372 Å². The standard InChI is InChI=1S/C56H59N5O2/c1-53(2,3)37-27-35(28-38(31-37)54(4,5)6)51-47-21-16-41(57-47)33-42-17-22-48(58-42)52(36-29-39(55(7,8)9)32-40(30-36)56(10,11)12)50-26-24-46(60-50)44(45-23-25-49(51)59-45)20-15-34-13-18-43(19-14-34)61(62)63/h13-33,57-58H,1-12H3/b20-15+,41-33?,42-33?,45-44?,46-44?,51-47?,51-49?,52-48?,52-50?. The van der Waals surface area contributed by atoms with E-state index in [0.717, 1.165) is 78.2 Å². The van der Waals surface area contributed by atoms with Crippen molar-refractivity contribution < 1.29 is 4.92 Å². The Morgan fingerprint density at radius 1 is 0.476 bits per heavy atom. The van der Waals surface area contributed by atoms with Crippen LogP contribution in [0.25, 0.3) is 80.8 Å². The molecule has 0 radical (unpaired) electrons. The van der Waals surface area contributed by atoms with Gasteiger partial charge < -0.3 is 9.97 Å². The largest absolute Gasteiger partial charge is 0.355 e. The van der Waals surface area contributed by atoms with Crippen molar-refractivity contribution in [3.8, 4) is 22.3 Å². The lowest BCUT2D eigenvalue weighted by molar-refractivity contribution is -0.384. The van der Waals surface area contributed by atoms with Crippen LogP contribution in [-0.2, 0) is 21.7 Å². The average molecular weight is 834 g/mol. The molecule has 6 aromatic rings. The second-order valence-electron chi connectivity index (χ2n) is 21.2. The summed E-state index contributed by atoms with van der Waals surface area (Å²) >= 11 is 0. The predicted octanol–water partition coefficient (Wildman–Crippen LogP) is 15.3. The van der Waals surface area contributed by atoms with Crippen LogP contribution in [0, 0.1) is 10.1 Å². The summed E-state index contributed by atoms with van der Waals surface area (Å²) in [5.74, 6) is 0. The normalized spacial score (nSPS) is 13.3. The van der Waals surface area contributed by atoms with Crippen LogP contribution in [0.15, 0.2) is 91.0 Å². The molecule has 2 aliphatic rings. The molecule has 0 spiro atoms. The Kier molecular flexibility index (Phi) is 10.7. The van der Waals surface area contributed by atoms with Crippen molar-refractivity contribution in [2.24, 2.45) is 0 Å². The van der Waals surface area contributed by atoms with Gasteiger partial charge in [0.1, 0.15) is 0 Å². The molecule has 320 valence electrons. The van der Waals surface area contributed by atoms with Gasteiger partial charge >= 0.3 is 0 Å². The summed E-state index contributed by atoms with van der Waals surface area (Å²) in [6, 6.07) is 31.3. The number of nitrogens with zero attached hydrogens (tertiary/aromatic N) is 3. The molecule has 7 heteroatoms. The third kappa shape index (κ3) is 9.01. The molecule has 0 unspecified atom stereocenters. The third-order valence-electron chi connectivity index (χ3n) is 12.1. The molecule has 3 aromatic carbocycles. The van der Waals surface area contributed by atoms with Crippen LogP contribution < -0.4 is 0 Å². The molecule has 5 heterocycles. The van der Waals surface area contributed by atoms with Gasteiger partial charge in [0.05, 0.1) is 27.7 Å². The molecule has 0 amide bonds. The van der Waals surface area contributed by atoms with E-state index in [-0.39, 0.29) is 32.3 Å². The highest BCUT2D eigenvalue weighted by Crippen LogP contribution is 2.40. The molecule has 63 heavy (non-hydrogen) atoms. The zero-order valence-corrected chi connectivity index (χ0v) is 38.8. The first-order valence-electron chi connectivity index (χ1n) is 21.9. The maximum Gasteiger partial charge on any atom is 0.269 e. The van der Waals surface area contributed by atoms with Crippen molar-refractivity contribution in [3.05, 3.63) is 157 Å².